The summed E-state index contributed by atoms with van der Waals surface area (Å²) in [5, 5.41) is 8.67. The molecule has 0 aliphatic rings. The topological polar surface area (TPSA) is 68.3 Å². The van der Waals surface area contributed by atoms with Gasteiger partial charge in [-0.15, -0.1) is 12.4 Å². The molecule has 0 bridgehead atoms. The molecule has 0 aliphatic heterocycles. The lowest BCUT2D eigenvalue weighted by atomic mass is 10.1. The largest absolute Gasteiger partial charge is 0.497 e. The zero-order valence-corrected chi connectivity index (χ0v) is 9.38. The van der Waals surface area contributed by atoms with Gasteiger partial charge in [0, 0.05) is 11.6 Å². The van der Waals surface area contributed by atoms with Gasteiger partial charge in [0.25, 0.3) is 0 Å². The van der Waals surface area contributed by atoms with E-state index < -0.39 is 6.04 Å². The average Bonchev–Trinajstić information content (AvgIpc) is 2.27. The lowest BCUT2D eigenvalue weighted by Gasteiger charge is -2.11. The van der Waals surface area contributed by atoms with Gasteiger partial charge in [-0.05, 0) is 12.1 Å². The Bertz CT molecular complexity index is 363. The molecule has 0 saturated carbocycles. The number of nitrogens with zero attached hydrogens (tertiary/aromatic N) is 1. The van der Waals surface area contributed by atoms with Gasteiger partial charge in [-0.3, -0.25) is 0 Å². The van der Waals surface area contributed by atoms with E-state index in [2.05, 4.69) is 0 Å². The number of ether oxygens (including phenoxy) is 2. The first-order valence-corrected chi connectivity index (χ1v) is 4.10. The van der Waals surface area contributed by atoms with Crippen LogP contribution in [0.1, 0.15) is 11.6 Å². The quantitative estimate of drug-likeness (QED) is 0.854. The maximum Gasteiger partial charge on any atom is 0.128 e. The molecular weight excluding hydrogens is 216 g/mol. The number of halogens is 1. The van der Waals surface area contributed by atoms with E-state index in [0.29, 0.717) is 17.1 Å². The van der Waals surface area contributed by atoms with Crippen molar-refractivity contribution in [2.45, 2.75) is 6.04 Å². The highest BCUT2D eigenvalue weighted by atomic mass is 35.5. The molecule has 1 atom stereocenters. The maximum absolute atomic E-state index is 8.67. The molecule has 0 heterocycles. The molecular formula is C10H13ClN2O2. The van der Waals surface area contributed by atoms with Crippen LogP contribution >= 0.6 is 12.4 Å². The van der Waals surface area contributed by atoms with Gasteiger partial charge in [0.15, 0.2) is 0 Å². The second-order valence-corrected chi connectivity index (χ2v) is 2.71. The average molecular weight is 229 g/mol. The fourth-order valence-electron chi connectivity index (χ4n) is 1.14. The first-order chi connectivity index (χ1) is 6.72. The summed E-state index contributed by atoms with van der Waals surface area (Å²) < 4.78 is 10.1. The van der Waals surface area contributed by atoms with Crippen molar-refractivity contribution in [2.75, 3.05) is 14.2 Å². The summed E-state index contributed by atoms with van der Waals surface area (Å²) in [6, 6.07) is 6.45. The highest BCUT2D eigenvalue weighted by molar-refractivity contribution is 5.85. The van der Waals surface area contributed by atoms with Crippen molar-refractivity contribution in [2.24, 2.45) is 5.73 Å². The van der Waals surface area contributed by atoms with E-state index in [0.717, 1.165) is 0 Å². The van der Waals surface area contributed by atoms with Gasteiger partial charge < -0.3 is 15.2 Å². The highest BCUT2D eigenvalue weighted by Gasteiger charge is 2.11. The summed E-state index contributed by atoms with van der Waals surface area (Å²) in [5.41, 5.74) is 6.24. The van der Waals surface area contributed by atoms with E-state index in [1.165, 1.54) is 7.11 Å². The Morgan fingerprint density at radius 2 is 2.00 bits per heavy atom. The SMILES string of the molecule is COc1ccc([C@@H](N)C#N)c(OC)c1.Cl. The second-order valence-electron chi connectivity index (χ2n) is 2.71. The van der Waals surface area contributed by atoms with Gasteiger partial charge in [0.2, 0.25) is 0 Å². The van der Waals surface area contributed by atoms with Crippen LogP contribution in [0.2, 0.25) is 0 Å². The molecule has 0 radical (unpaired) electrons. The van der Waals surface area contributed by atoms with Crippen molar-refractivity contribution in [1.82, 2.24) is 0 Å². The van der Waals surface area contributed by atoms with E-state index in [1.54, 1.807) is 25.3 Å². The lowest BCUT2D eigenvalue weighted by molar-refractivity contribution is 0.390. The normalized spacial score (nSPS) is 10.8. The minimum absolute atomic E-state index is 0. The van der Waals surface area contributed by atoms with Crippen LogP contribution in [0.4, 0.5) is 0 Å². The van der Waals surface area contributed by atoms with Crippen LogP contribution in [0.5, 0.6) is 11.5 Å². The van der Waals surface area contributed by atoms with Crippen LogP contribution in [-0.2, 0) is 0 Å². The van der Waals surface area contributed by atoms with Crippen LogP contribution in [0.15, 0.2) is 18.2 Å². The third-order valence-corrected chi connectivity index (χ3v) is 1.91. The summed E-state index contributed by atoms with van der Waals surface area (Å²) in [4.78, 5) is 0. The number of hydrogen-bond donors (Lipinski definition) is 1. The first-order valence-electron chi connectivity index (χ1n) is 4.10. The number of methoxy groups -OCH3 is 2. The number of rotatable bonds is 3. The molecule has 0 amide bonds. The fraction of sp³-hybridized carbons (Fsp3) is 0.300. The third kappa shape index (κ3) is 3.01. The van der Waals surface area contributed by atoms with E-state index in [9.17, 15) is 0 Å². The van der Waals surface area contributed by atoms with Crippen molar-refractivity contribution >= 4 is 12.4 Å². The molecule has 15 heavy (non-hydrogen) atoms. The minimum Gasteiger partial charge on any atom is -0.497 e. The Balaban J connectivity index is 0.00000196. The fourth-order valence-corrected chi connectivity index (χ4v) is 1.14. The van der Waals surface area contributed by atoms with Crippen LogP contribution < -0.4 is 15.2 Å². The van der Waals surface area contributed by atoms with Crippen LogP contribution in [0, 0.1) is 11.3 Å². The Morgan fingerprint density at radius 1 is 1.33 bits per heavy atom. The molecule has 82 valence electrons. The number of nitriles is 1. The van der Waals surface area contributed by atoms with Crippen LogP contribution in [0.3, 0.4) is 0 Å². The third-order valence-electron chi connectivity index (χ3n) is 1.91. The standard InChI is InChI=1S/C10H12N2O2.ClH/c1-13-7-3-4-8(9(12)6-11)10(5-7)14-2;/h3-5,9H,12H2,1-2H3;1H/t9-;/m0./s1. The zero-order valence-electron chi connectivity index (χ0n) is 8.56. The van der Waals surface area contributed by atoms with Gasteiger partial charge in [0.1, 0.15) is 17.5 Å². The van der Waals surface area contributed by atoms with Gasteiger partial charge in [-0.25, -0.2) is 0 Å². The Kier molecular flexibility index (Phi) is 5.53. The van der Waals surface area contributed by atoms with Gasteiger partial charge >= 0.3 is 0 Å². The van der Waals surface area contributed by atoms with E-state index >= 15 is 0 Å². The second kappa shape index (κ2) is 6.12. The molecule has 4 nitrogen and oxygen atoms in total. The Morgan fingerprint density at radius 3 is 2.47 bits per heavy atom. The summed E-state index contributed by atoms with van der Waals surface area (Å²) >= 11 is 0. The number of hydrogen-bond acceptors (Lipinski definition) is 4. The van der Waals surface area contributed by atoms with Crippen molar-refractivity contribution < 1.29 is 9.47 Å². The maximum atomic E-state index is 8.67. The number of nitrogens with two attached hydrogens (primary N) is 1. The Hall–Kier alpha value is -1.44. The summed E-state index contributed by atoms with van der Waals surface area (Å²) in [5.74, 6) is 1.24. The van der Waals surface area contributed by atoms with Gasteiger partial charge in [-0.2, -0.15) is 5.26 Å². The minimum atomic E-state index is -0.671. The summed E-state index contributed by atoms with van der Waals surface area (Å²) in [6.45, 7) is 0. The van der Waals surface area contributed by atoms with Gasteiger partial charge in [0.05, 0.1) is 20.3 Å². The highest BCUT2D eigenvalue weighted by Crippen LogP contribution is 2.27. The summed E-state index contributed by atoms with van der Waals surface area (Å²) in [7, 11) is 3.10. The van der Waals surface area contributed by atoms with Crippen LogP contribution in [-0.4, -0.2) is 14.2 Å². The zero-order chi connectivity index (χ0) is 10.6. The van der Waals surface area contributed by atoms with Gasteiger partial charge in [-0.1, -0.05) is 0 Å². The molecule has 2 N–H and O–H groups in total. The first kappa shape index (κ1) is 13.6. The molecule has 1 aromatic carbocycles. The molecule has 5 heteroatoms. The smallest absolute Gasteiger partial charge is 0.128 e. The molecule has 0 unspecified atom stereocenters. The van der Waals surface area contributed by atoms with Crippen molar-refractivity contribution in [3.63, 3.8) is 0 Å². The van der Waals surface area contributed by atoms with E-state index in [1.807, 2.05) is 6.07 Å². The molecule has 0 aliphatic carbocycles. The molecule has 0 fully saturated rings. The predicted octanol–water partition coefficient (Wildman–Crippen LogP) is 1.65. The number of benzene rings is 1. The van der Waals surface area contributed by atoms with Crippen molar-refractivity contribution in [1.29, 1.82) is 5.26 Å². The molecule has 1 rings (SSSR count). The van der Waals surface area contributed by atoms with Crippen molar-refractivity contribution in [3.05, 3.63) is 23.8 Å². The summed E-state index contributed by atoms with van der Waals surface area (Å²) in [6.07, 6.45) is 0. The van der Waals surface area contributed by atoms with E-state index in [4.69, 9.17) is 20.5 Å². The molecule has 0 saturated heterocycles. The molecule has 0 spiro atoms. The Labute approximate surface area is 95.0 Å². The monoisotopic (exact) mass is 228 g/mol. The molecule has 0 aromatic heterocycles. The lowest BCUT2D eigenvalue weighted by Crippen LogP contribution is -2.08. The van der Waals surface area contributed by atoms with Crippen molar-refractivity contribution in [3.8, 4) is 17.6 Å². The van der Waals surface area contributed by atoms with E-state index in [-0.39, 0.29) is 12.4 Å². The predicted molar refractivity (Wildman–Crippen MR) is 59.3 cm³/mol. The van der Waals surface area contributed by atoms with Crippen LogP contribution in [0.25, 0.3) is 0 Å². The molecule has 1 aromatic rings.